The molecule has 0 aromatic heterocycles. The van der Waals surface area contributed by atoms with Crippen molar-refractivity contribution >= 4 is 6.09 Å². The molecule has 1 aliphatic heterocycles. The number of aliphatic hydroxyl groups excluding tert-OH is 2. The normalized spacial score (nSPS) is 21.7. The van der Waals surface area contributed by atoms with E-state index in [1.807, 2.05) is 30.3 Å². The summed E-state index contributed by atoms with van der Waals surface area (Å²) in [5.41, 5.74) is 0.948. The van der Waals surface area contributed by atoms with Crippen LogP contribution in [0, 0.1) is 5.92 Å². The van der Waals surface area contributed by atoms with Crippen LogP contribution < -0.4 is 0 Å². The molecule has 1 amide bonds. The number of nitrogens with zero attached hydrogens (tertiary/aromatic N) is 1. The molecular weight excluding hydrogens is 270 g/mol. The van der Waals surface area contributed by atoms with Gasteiger partial charge in [0.1, 0.15) is 6.61 Å². The van der Waals surface area contributed by atoms with E-state index in [4.69, 9.17) is 4.74 Å². The fourth-order valence-corrected chi connectivity index (χ4v) is 2.66. The third kappa shape index (κ3) is 4.44. The Balaban J connectivity index is 1.84. The zero-order valence-electron chi connectivity index (χ0n) is 12.3. The number of hydrogen-bond donors (Lipinski definition) is 2. The van der Waals surface area contributed by atoms with Gasteiger partial charge >= 0.3 is 6.09 Å². The van der Waals surface area contributed by atoms with Crippen LogP contribution in [-0.2, 0) is 11.3 Å². The zero-order valence-corrected chi connectivity index (χ0v) is 12.3. The molecule has 0 spiro atoms. The maximum absolute atomic E-state index is 12.1. The van der Waals surface area contributed by atoms with E-state index >= 15 is 0 Å². The zero-order chi connectivity index (χ0) is 15.2. The van der Waals surface area contributed by atoms with E-state index in [9.17, 15) is 15.0 Å². The van der Waals surface area contributed by atoms with Crippen LogP contribution >= 0.6 is 0 Å². The number of amides is 1. The number of aliphatic hydroxyl groups is 2. The van der Waals surface area contributed by atoms with Crippen LogP contribution in [0.2, 0.25) is 0 Å². The topological polar surface area (TPSA) is 70.0 Å². The van der Waals surface area contributed by atoms with Gasteiger partial charge in [-0.3, -0.25) is 0 Å². The van der Waals surface area contributed by atoms with Gasteiger partial charge in [-0.25, -0.2) is 4.79 Å². The van der Waals surface area contributed by atoms with Gasteiger partial charge in [0.15, 0.2) is 0 Å². The lowest BCUT2D eigenvalue weighted by Gasteiger charge is -2.35. The van der Waals surface area contributed by atoms with Gasteiger partial charge in [-0.05, 0) is 25.3 Å². The first-order valence-corrected chi connectivity index (χ1v) is 7.39. The molecule has 5 nitrogen and oxygen atoms in total. The molecule has 0 saturated carbocycles. The first kappa shape index (κ1) is 15.8. The monoisotopic (exact) mass is 293 g/mol. The van der Waals surface area contributed by atoms with Crippen molar-refractivity contribution < 1.29 is 19.7 Å². The predicted molar refractivity (Wildman–Crippen MR) is 78.6 cm³/mol. The molecule has 1 saturated heterocycles. The molecule has 21 heavy (non-hydrogen) atoms. The van der Waals surface area contributed by atoms with E-state index in [0.29, 0.717) is 13.1 Å². The molecule has 1 aliphatic rings. The summed E-state index contributed by atoms with van der Waals surface area (Å²) >= 11 is 0. The van der Waals surface area contributed by atoms with Gasteiger partial charge in [-0.15, -0.1) is 0 Å². The van der Waals surface area contributed by atoms with Crippen LogP contribution in [0.15, 0.2) is 30.3 Å². The lowest BCUT2D eigenvalue weighted by molar-refractivity contribution is -0.0295. The van der Waals surface area contributed by atoms with Gasteiger partial charge in [-0.2, -0.15) is 0 Å². The molecule has 1 aromatic carbocycles. The minimum Gasteiger partial charge on any atom is -0.445 e. The van der Waals surface area contributed by atoms with Crippen LogP contribution in [0.1, 0.15) is 25.3 Å². The lowest BCUT2D eigenvalue weighted by Crippen LogP contribution is -2.46. The number of carbonyl (C=O) groups is 1. The molecule has 1 unspecified atom stereocenters. The summed E-state index contributed by atoms with van der Waals surface area (Å²) in [6.45, 7) is 2.88. The Hall–Kier alpha value is -1.59. The van der Waals surface area contributed by atoms with Crippen molar-refractivity contribution in [2.24, 2.45) is 5.92 Å². The number of likely N-dealkylation sites (tertiary alicyclic amines) is 1. The summed E-state index contributed by atoms with van der Waals surface area (Å²) in [5, 5.41) is 19.4. The fourth-order valence-electron chi connectivity index (χ4n) is 2.66. The highest BCUT2D eigenvalue weighted by atomic mass is 16.6. The van der Waals surface area contributed by atoms with Gasteiger partial charge in [0.25, 0.3) is 0 Å². The maximum Gasteiger partial charge on any atom is 0.410 e. The molecule has 116 valence electrons. The molecule has 0 bridgehead atoms. The highest BCUT2D eigenvalue weighted by molar-refractivity contribution is 5.67. The Labute approximate surface area is 125 Å². The van der Waals surface area contributed by atoms with E-state index in [-0.39, 0.29) is 18.6 Å². The average Bonchev–Trinajstić information content (AvgIpc) is 2.53. The predicted octanol–water partition coefficient (Wildman–Crippen LogP) is 1.78. The molecule has 1 heterocycles. The second kappa shape index (κ2) is 7.43. The second-order valence-corrected chi connectivity index (χ2v) is 5.62. The third-order valence-electron chi connectivity index (χ3n) is 3.90. The summed E-state index contributed by atoms with van der Waals surface area (Å²) in [6, 6.07) is 9.53. The lowest BCUT2D eigenvalue weighted by atomic mass is 9.90. The van der Waals surface area contributed by atoms with E-state index in [1.54, 1.807) is 11.8 Å². The van der Waals surface area contributed by atoms with Crippen LogP contribution in [0.25, 0.3) is 0 Å². The largest absolute Gasteiger partial charge is 0.445 e. The summed E-state index contributed by atoms with van der Waals surface area (Å²) in [7, 11) is 0. The standard InChI is InChI=1S/C16H23NO4/c1-12(18)15(19)14-8-5-9-17(10-14)16(20)21-11-13-6-3-2-4-7-13/h2-4,6-7,12,14-15,18-19H,5,8-11H2,1H3/t12-,14?,15-/m1/s1. The minimum absolute atomic E-state index is 0.0944. The SMILES string of the molecule is C[C@@H](O)[C@@H](O)C1CCCN(C(=O)OCc2ccccc2)C1. The van der Waals surface area contributed by atoms with Crippen LogP contribution in [0.3, 0.4) is 0 Å². The van der Waals surface area contributed by atoms with Crippen molar-refractivity contribution in [2.75, 3.05) is 13.1 Å². The van der Waals surface area contributed by atoms with Crippen LogP contribution in [0.5, 0.6) is 0 Å². The number of benzene rings is 1. The summed E-state index contributed by atoms with van der Waals surface area (Å²) in [6.07, 6.45) is -0.310. The second-order valence-electron chi connectivity index (χ2n) is 5.62. The molecule has 1 fully saturated rings. The van der Waals surface area contributed by atoms with Gasteiger partial charge in [0, 0.05) is 19.0 Å². The van der Waals surface area contributed by atoms with Crippen LogP contribution in [-0.4, -0.2) is 46.5 Å². The van der Waals surface area contributed by atoms with Crippen molar-refractivity contribution in [2.45, 2.75) is 38.6 Å². The molecule has 5 heteroatoms. The van der Waals surface area contributed by atoms with E-state index in [1.165, 1.54) is 0 Å². The molecule has 0 radical (unpaired) electrons. The van der Waals surface area contributed by atoms with Crippen molar-refractivity contribution in [1.29, 1.82) is 0 Å². The van der Waals surface area contributed by atoms with E-state index < -0.39 is 12.2 Å². The van der Waals surface area contributed by atoms with E-state index in [2.05, 4.69) is 0 Å². The van der Waals surface area contributed by atoms with Crippen molar-refractivity contribution in [3.05, 3.63) is 35.9 Å². The Kier molecular flexibility index (Phi) is 5.59. The quantitative estimate of drug-likeness (QED) is 0.888. The molecule has 3 atom stereocenters. The number of carbonyl (C=O) groups excluding carboxylic acids is 1. The first-order valence-electron chi connectivity index (χ1n) is 7.39. The van der Waals surface area contributed by atoms with Crippen LogP contribution in [0.4, 0.5) is 4.79 Å². The number of rotatable bonds is 4. The highest BCUT2D eigenvalue weighted by Gasteiger charge is 2.31. The molecule has 0 aliphatic carbocycles. The molecule has 1 aromatic rings. The third-order valence-corrected chi connectivity index (χ3v) is 3.90. The summed E-state index contributed by atoms with van der Waals surface area (Å²) in [4.78, 5) is 13.7. The Bertz CT molecular complexity index is 449. The Morgan fingerprint density at radius 1 is 1.38 bits per heavy atom. The molecular formula is C16H23NO4. The van der Waals surface area contributed by atoms with Crippen molar-refractivity contribution in [3.63, 3.8) is 0 Å². The summed E-state index contributed by atoms with van der Waals surface area (Å²) in [5.74, 6) is -0.0944. The van der Waals surface area contributed by atoms with Crippen molar-refractivity contribution in [1.82, 2.24) is 4.90 Å². The Morgan fingerprint density at radius 2 is 2.10 bits per heavy atom. The van der Waals surface area contributed by atoms with Crippen molar-refractivity contribution in [3.8, 4) is 0 Å². The maximum atomic E-state index is 12.1. The highest BCUT2D eigenvalue weighted by Crippen LogP contribution is 2.22. The minimum atomic E-state index is -0.797. The average molecular weight is 293 g/mol. The van der Waals surface area contributed by atoms with Gasteiger partial charge in [-0.1, -0.05) is 30.3 Å². The summed E-state index contributed by atoms with van der Waals surface area (Å²) < 4.78 is 5.30. The van der Waals surface area contributed by atoms with Gasteiger partial charge in [0.2, 0.25) is 0 Å². The smallest absolute Gasteiger partial charge is 0.410 e. The number of ether oxygens (including phenoxy) is 1. The fraction of sp³-hybridized carbons (Fsp3) is 0.562. The van der Waals surface area contributed by atoms with E-state index in [0.717, 1.165) is 18.4 Å². The first-order chi connectivity index (χ1) is 10.1. The number of hydrogen-bond acceptors (Lipinski definition) is 4. The Morgan fingerprint density at radius 3 is 2.76 bits per heavy atom. The molecule has 2 N–H and O–H groups in total. The van der Waals surface area contributed by atoms with Gasteiger partial charge in [0.05, 0.1) is 12.2 Å². The number of piperidine rings is 1. The molecule has 2 rings (SSSR count). The van der Waals surface area contributed by atoms with Gasteiger partial charge < -0.3 is 19.8 Å².